The lowest BCUT2D eigenvalue weighted by atomic mass is 9.63. The van der Waals surface area contributed by atoms with Crippen LogP contribution in [0.15, 0.2) is 24.3 Å². The minimum Gasteiger partial charge on any atom is -0.469 e. The Morgan fingerprint density at radius 3 is 2.69 bits per heavy atom. The molecular formula is C24H37NO4. The molecule has 0 bridgehead atoms. The maximum absolute atomic E-state index is 11.1. The molecule has 0 aromatic rings. The van der Waals surface area contributed by atoms with Gasteiger partial charge in [-0.15, -0.1) is 0 Å². The van der Waals surface area contributed by atoms with Gasteiger partial charge in [0, 0.05) is 12.3 Å². The number of aliphatic hydroxyl groups is 2. The van der Waals surface area contributed by atoms with Crippen LogP contribution in [-0.4, -0.2) is 35.5 Å². The number of methoxy groups -OCH3 is 1. The first-order chi connectivity index (χ1) is 14.0. The number of carbonyl (C=O) groups is 1. The fourth-order valence-corrected chi connectivity index (χ4v) is 4.89. The van der Waals surface area contributed by atoms with Gasteiger partial charge in [-0.1, -0.05) is 37.6 Å². The van der Waals surface area contributed by atoms with E-state index in [1.54, 1.807) is 0 Å². The summed E-state index contributed by atoms with van der Waals surface area (Å²) in [6, 6.07) is 2.36. The second kappa shape index (κ2) is 11.5. The van der Waals surface area contributed by atoms with E-state index in [0.717, 1.165) is 38.5 Å². The van der Waals surface area contributed by atoms with Crippen LogP contribution in [0.5, 0.6) is 0 Å². The van der Waals surface area contributed by atoms with E-state index in [-0.39, 0.29) is 35.2 Å². The van der Waals surface area contributed by atoms with Crippen LogP contribution >= 0.6 is 0 Å². The lowest BCUT2D eigenvalue weighted by Crippen LogP contribution is -2.40. The van der Waals surface area contributed by atoms with Gasteiger partial charge in [-0.2, -0.15) is 5.26 Å². The average molecular weight is 404 g/mol. The zero-order valence-electron chi connectivity index (χ0n) is 17.9. The Labute approximate surface area is 175 Å². The third-order valence-corrected chi connectivity index (χ3v) is 7.15. The maximum atomic E-state index is 11.1. The van der Waals surface area contributed by atoms with Crippen molar-refractivity contribution in [3.63, 3.8) is 0 Å². The van der Waals surface area contributed by atoms with Crippen LogP contribution in [-0.2, 0) is 9.53 Å². The van der Waals surface area contributed by atoms with Crippen LogP contribution in [0.4, 0.5) is 0 Å². The highest BCUT2D eigenvalue weighted by Gasteiger charge is 2.42. The van der Waals surface area contributed by atoms with Crippen molar-refractivity contribution in [3.05, 3.63) is 24.3 Å². The molecule has 0 radical (unpaired) electrons. The molecule has 1 unspecified atom stereocenters. The molecule has 0 aliphatic heterocycles. The molecule has 0 aromatic heterocycles. The van der Waals surface area contributed by atoms with Crippen molar-refractivity contribution in [1.29, 1.82) is 5.26 Å². The highest BCUT2D eigenvalue weighted by molar-refractivity contribution is 5.69. The monoisotopic (exact) mass is 403 g/mol. The number of nitrogens with zero attached hydrogens (tertiary/aromatic N) is 1. The van der Waals surface area contributed by atoms with E-state index in [9.17, 15) is 20.3 Å². The van der Waals surface area contributed by atoms with Gasteiger partial charge in [0.15, 0.2) is 0 Å². The molecule has 5 nitrogen and oxygen atoms in total. The molecule has 0 saturated heterocycles. The molecule has 2 fully saturated rings. The summed E-state index contributed by atoms with van der Waals surface area (Å²) in [5.41, 5.74) is 0.0835. The number of carbonyl (C=O) groups excluding carboxylic acids is 1. The Bertz CT molecular complexity index is 611. The first kappa shape index (κ1) is 23.6. The molecule has 2 saturated carbocycles. The van der Waals surface area contributed by atoms with Crippen molar-refractivity contribution >= 4 is 5.97 Å². The molecule has 0 spiro atoms. The Hall–Kier alpha value is -1.64. The average Bonchev–Trinajstić information content (AvgIpc) is 2.98. The van der Waals surface area contributed by atoms with E-state index in [2.05, 4.69) is 23.8 Å². The Morgan fingerprint density at radius 2 is 2.10 bits per heavy atom. The van der Waals surface area contributed by atoms with Gasteiger partial charge < -0.3 is 14.9 Å². The van der Waals surface area contributed by atoms with Crippen LogP contribution in [0.2, 0.25) is 0 Å². The van der Waals surface area contributed by atoms with Crippen molar-refractivity contribution in [1.82, 2.24) is 0 Å². The van der Waals surface area contributed by atoms with E-state index in [0.29, 0.717) is 19.3 Å². The zero-order chi connectivity index (χ0) is 21.3. The van der Waals surface area contributed by atoms with Gasteiger partial charge in [0.05, 0.1) is 31.3 Å². The molecule has 2 aliphatic carbocycles. The molecule has 5 heteroatoms. The summed E-state index contributed by atoms with van der Waals surface area (Å²) in [5, 5.41) is 30.6. The smallest absolute Gasteiger partial charge is 0.305 e. The number of esters is 1. The van der Waals surface area contributed by atoms with Gasteiger partial charge in [0.1, 0.15) is 0 Å². The first-order valence-corrected chi connectivity index (χ1v) is 11.1. The van der Waals surface area contributed by atoms with E-state index < -0.39 is 6.10 Å². The maximum Gasteiger partial charge on any atom is 0.305 e. The van der Waals surface area contributed by atoms with E-state index in [4.69, 9.17) is 0 Å². The summed E-state index contributed by atoms with van der Waals surface area (Å²) in [6.07, 6.45) is 15.6. The second-order valence-corrected chi connectivity index (χ2v) is 8.70. The normalized spacial score (nSPS) is 29.6. The standard InChI is InChI=1S/C24H37NO4/c1-3-24(14-9-15-24)22(27)12-8-11-20-19(18(17-25)16-21(20)26)10-6-4-5-7-13-23(28)29-2/h4,6,8,11,18-22,26-27H,3,5,7,9-10,12-16H2,1-2H3/b6-4-,11-8+/t18-,19-,20+,21+,22?/m0/s1. The largest absolute Gasteiger partial charge is 0.469 e. The van der Waals surface area contributed by atoms with Crippen molar-refractivity contribution in [3.8, 4) is 6.07 Å². The van der Waals surface area contributed by atoms with Crippen LogP contribution in [0.3, 0.4) is 0 Å². The topological polar surface area (TPSA) is 90.5 Å². The molecule has 29 heavy (non-hydrogen) atoms. The summed E-state index contributed by atoms with van der Waals surface area (Å²) in [7, 11) is 1.40. The SMILES string of the molecule is CCC1(C(O)C/C=C/[C@@H]2[C@@H](C/C=C\CCCC(=O)OC)[C@H](C#N)C[C@H]2O)CCC1. The molecule has 2 rings (SSSR count). The molecule has 5 atom stereocenters. The quantitative estimate of drug-likeness (QED) is 0.305. The Balaban J connectivity index is 1.87. The van der Waals surface area contributed by atoms with Gasteiger partial charge >= 0.3 is 5.97 Å². The van der Waals surface area contributed by atoms with Crippen molar-refractivity contribution in [2.75, 3.05) is 7.11 Å². The number of hydrogen-bond acceptors (Lipinski definition) is 5. The summed E-state index contributed by atoms with van der Waals surface area (Å²) in [6.45, 7) is 2.15. The van der Waals surface area contributed by atoms with Crippen LogP contribution in [0.25, 0.3) is 0 Å². The minimum atomic E-state index is -0.505. The summed E-state index contributed by atoms with van der Waals surface area (Å²) >= 11 is 0. The van der Waals surface area contributed by atoms with E-state index in [1.165, 1.54) is 13.5 Å². The molecule has 162 valence electrons. The molecule has 2 aliphatic rings. The number of aliphatic hydroxyl groups excluding tert-OH is 2. The second-order valence-electron chi connectivity index (χ2n) is 8.70. The summed E-state index contributed by atoms with van der Waals surface area (Å²) in [5.74, 6) is -0.312. The summed E-state index contributed by atoms with van der Waals surface area (Å²) < 4.78 is 4.63. The number of nitriles is 1. The van der Waals surface area contributed by atoms with Crippen LogP contribution < -0.4 is 0 Å². The molecule has 0 heterocycles. The van der Waals surface area contributed by atoms with Gasteiger partial charge in [-0.25, -0.2) is 0 Å². The van der Waals surface area contributed by atoms with Crippen molar-refractivity contribution in [2.45, 2.75) is 83.3 Å². The van der Waals surface area contributed by atoms with E-state index >= 15 is 0 Å². The number of allylic oxidation sites excluding steroid dienone is 2. The van der Waals surface area contributed by atoms with E-state index in [1.807, 2.05) is 18.2 Å². The minimum absolute atomic E-state index is 0.0504. The zero-order valence-corrected chi connectivity index (χ0v) is 17.9. The molecule has 0 amide bonds. The number of hydrogen-bond donors (Lipinski definition) is 2. The van der Waals surface area contributed by atoms with Crippen molar-refractivity contribution in [2.24, 2.45) is 23.2 Å². The predicted octanol–water partition coefficient (Wildman–Crippen LogP) is 4.30. The lowest BCUT2D eigenvalue weighted by Gasteiger charge is -2.45. The number of rotatable bonds is 11. The summed E-state index contributed by atoms with van der Waals surface area (Å²) in [4.78, 5) is 11.1. The third kappa shape index (κ3) is 6.17. The highest BCUT2D eigenvalue weighted by Crippen LogP contribution is 2.48. The number of unbranched alkanes of at least 4 members (excludes halogenated alkanes) is 1. The van der Waals surface area contributed by atoms with Gasteiger partial charge in [0.2, 0.25) is 0 Å². The van der Waals surface area contributed by atoms with Gasteiger partial charge in [-0.3, -0.25) is 4.79 Å². The first-order valence-electron chi connectivity index (χ1n) is 11.1. The van der Waals surface area contributed by atoms with Gasteiger partial charge in [0.25, 0.3) is 0 Å². The third-order valence-electron chi connectivity index (χ3n) is 7.15. The molecule has 0 aromatic carbocycles. The van der Waals surface area contributed by atoms with Crippen molar-refractivity contribution < 1.29 is 19.7 Å². The highest BCUT2D eigenvalue weighted by atomic mass is 16.5. The predicted molar refractivity (Wildman–Crippen MR) is 113 cm³/mol. The Morgan fingerprint density at radius 1 is 1.34 bits per heavy atom. The van der Waals surface area contributed by atoms with Crippen LogP contribution in [0.1, 0.15) is 71.1 Å². The molecule has 2 N–H and O–H groups in total. The van der Waals surface area contributed by atoms with Crippen LogP contribution in [0, 0.1) is 34.5 Å². The van der Waals surface area contributed by atoms with Gasteiger partial charge in [-0.05, 0) is 62.7 Å². The molecular weight excluding hydrogens is 366 g/mol. The fraction of sp³-hybridized carbons (Fsp3) is 0.750. The number of ether oxygens (including phenoxy) is 1. The fourth-order valence-electron chi connectivity index (χ4n) is 4.89. The lowest BCUT2D eigenvalue weighted by molar-refractivity contribution is -0.140. The Kier molecular flexibility index (Phi) is 9.39.